The molecule has 0 saturated heterocycles. The highest BCUT2D eigenvalue weighted by Gasteiger charge is 2.20. The number of rotatable bonds is 6. The van der Waals surface area contributed by atoms with E-state index < -0.39 is 0 Å². The van der Waals surface area contributed by atoms with Crippen molar-refractivity contribution in [3.63, 3.8) is 0 Å². The van der Waals surface area contributed by atoms with Crippen LogP contribution in [0.4, 0.5) is 11.4 Å². The molecule has 7 nitrogen and oxygen atoms in total. The normalized spacial score (nSPS) is 10.9. The van der Waals surface area contributed by atoms with E-state index in [1.165, 1.54) is 5.56 Å². The molecule has 0 aliphatic heterocycles. The zero-order chi connectivity index (χ0) is 23.5. The lowest BCUT2D eigenvalue weighted by Gasteiger charge is -2.22. The molecule has 3 aromatic carbocycles. The third kappa shape index (κ3) is 4.11. The van der Waals surface area contributed by atoms with Crippen LogP contribution in [0.1, 0.15) is 21.7 Å². The Kier molecular flexibility index (Phi) is 5.74. The predicted molar refractivity (Wildman–Crippen MR) is 134 cm³/mol. The first kappa shape index (κ1) is 21.3. The van der Waals surface area contributed by atoms with Crippen molar-refractivity contribution < 1.29 is 4.79 Å². The SMILES string of the molecule is Cc1c(C(=O)Nc2ccccc2N(C)Cc2ccccc2)nnn1-c1cccc2ncccc12. The summed E-state index contributed by atoms with van der Waals surface area (Å²) in [5, 5.41) is 12.5. The number of anilines is 2. The number of pyridine rings is 1. The van der Waals surface area contributed by atoms with Gasteiger partial charge in [0.05, 0.1) is 28.3 Å². The number of hydrogen-bond acceptors (Lipinski definition) is 5. The van der Waals surface area contributed by atoms with Crippen LogP contribution in [0.3, 0.4) is 0 Å². The minimum absolute atomic E-state index is 0.279. The standard InChI is InChI=1S/C27H24N6O/c1-19-26(30-31-33(19)24-16-8-14-22-21(24)12-9-17-28-22)27(34)29-23-13-6-7-15-25(23)32(2)18-20-10-4-3-5-11-20/h3-17H,18H2,1-2H3,(H,29,34). The highest BCUT2D eigenvalue weighted by molar-refractivity contribution is 6.05. The first-order valence-corrected chi connectivity index (χ1v) is 11.0. The molecule has 0 bridgehead atoms. The first-order valence-electron chi connectivity index (χ1n) is 11.0. The number of carbonyl (C=O) groups is 1. The van der Waals surface area contributed by atoms with Gasteiger partial charge in [-0.05, 0) is 48.9 Å². The molecule has 1 amide bonds. The predicted octanol–water partition coefficient (Wildman–Crippen LogP) is 5.01. The molecule has 168 valence electrons. The summed E-state index contributed by atoms with van der Waals surface area (Å²) in [6, 6.07) is 27.6. The number of carbonyl (C=O) groups excluding carboxylic acids is 1. The van der Waals surface area contributed by atoms with Crippen LogP contribution in [-0.2, 0) is 6.54 Å². The minimum atomic E-state index is -0.303. The van der Waals surface area contributed by atoms with E-state index in [2.05, 4.69) is 37.6 Å². The maximum absolute atomic E-state index is 13.2. The second kappa shape index (κ2) is 9.15. The lowest BCUT2D eigenvalue weighted by molar-refractivity contribution is 0.102. The van der Waals surface area contributed by atoms with Gasteiger partial charge in [0, 0.05) is 25.2 Å². The highest BCUT2D eigenvalue weighted by Crippen LogP contribution is 2.27. The van der Waals surface area contributed by atoms with E-state index in [1.807, 2.05) is 86.8 Å². The van der Waals surface area contributed by atoms with Gasteiger partial charge in [0.15, 0.2) is 5.69 Å². The van der Waals surface area contributed by atoms with E-state index in [1.54, 1.807) is 10.9 Å². The van der Waals surface area contributed by atoms with Crippen LogP contribution in [-0.4, -0.2) is 32.9 Å². The average Bonchev–Trinajstić information content (AvgIpc) is 3.25. The van der Waals surface area contributed by atoms with E-state index in [4.69, 9.17) is 0 Å². The molecule has 5 rings (SSSR count). The average molecular weight is 449 g/mol. The fourth-order valence-electron chi connectivity index (χ4n) is 4.08. The third-order valence-corrected chi connectivity index (χ3v) is 5.79. The Labute approximate surface area is 197 Å². The summed E-state index contributed by atoms with van der Waals surface area (Å²) < 4.78 is 1.69. The summed E-state index contributed by atoms with van der Waals surface area (Å²) in [5.41, 5.74) is 5.45. The largest absolute Gasteiger partial charge is 0.369 e. The van der Waals surface area contributed by atoms with Crippen molar-refractivity contribution in [3.8, 4) is 5.69 Å². The molecule has 5 aromatic rings. The molecule has 0 aliphatic carbocycles. The maximum atomic E-state index is 13.2. The smallest absolute Gasteiger partial charge is 0.278 e. The van der Waals surface area contributed by atoms with E-state index in [-0.39, 0.29) is 11.6 Å². The van der Waals surface area contributed by atoms with Gasteiger partial charge in [0.2, 0.25) is 0 Å². The monoisotopic (exact) mass is 448 g/mol. The van der Waals surface area contributed by atoms with Crippen molar-refractivity contribution in [2.75, 3.05) is 17.3 Å². The Morgan fingerprint density at radius 2 is 1.74 bits per heavy atom. The van der Waals surface area contributed by atoms with Crippen molar-refractivity contribution in [1.82, 2.24) is 20.0 Å². The Morgan fingerprint density at radius 1 is 0.941 bits per heavy atom. The van der Waals surface area contributed by atoms with Gasteiger partial charge >= 0.3 is 0 Å². The first-order chi connectivity index (χ1) is 16.6. The number of benzene rings is 3. The van der Waals surface area contributed by atoms with Crippen LogP contribution in [0, 0.1) is 6.92 Å². The molecule has 2 aromatic heterocycles. The van der Waals surface area contributed by atoms with E-state index in [9.17, 15) is 4.79 Å². The maximum Gasteiger partial charge on any atom is 0.278 e. The summed E-state index contributed by atoms with van der Waals surface area (Å²) in [5.74, 6) is -0.303. The summed E-state index contributed by atoms with van der Waals surface area (Å²) in [6.07, 6.45) is 1.76. The number of para-hydroxylation sites is 2. The van der Waals surface area contributed by atoms with Crippen LogP contribution >= 0.6 is 0 Å². The molecule has 0 fully saturated rings. The van der Waals surface area contributed by atoms with Crippen molar-refractivity contribution in [1.29, 1.82) is 0 Å². The number of fused-ring (bicyclic) bond motifs is 1. The van der Waals surface area contributed by atoms with Gasteiger partial charge in [-0.2, -0.15) is 0 Å². The van der Waals surface area contributed by atoms with Crippen molar-refractivity contribution >= 4 is 28.2 Å². The molecule has 2 heterocycles. The highest BCUT2D eigenvalue weighted by atomic mass is 16.2. The number of hydrogen-bond donors (Lipinski definition) is 1. The Balaban J connectivity index is 1.42. The van der Waals surface area contributed by atoms with Crippen LogP contribution in [0.25, 0.3) is 16.6 Å². The molecule has 0 aliphatic rings. The Hall–Kier alpha value is -4.52. The number of nitrogens with zero attached hydrogens (tertiary/aromatic N) is 5. The lowest BCUT2D eigenvalue weighted by Crippen LogP contribution is -2.20. The molecule has 0 atom stereocenters. The summed E-state index contributed by atoms with van der Waals surface area (Å²) in [4.78, 5) is 19.7. The third-order valence-electron chi connectivity index (χ3n) is 5.79. The van der Waals surface area contributed by atoms with E-state index >= 15 is 0 Å². The van der Waals surface area contributed by atoms with Crippen molar-refractivity contribution in [2.24, 2.45) is 0 Å². The minimum Gasteiger partial charge on any atom is -0.369 e. The van der Waals surface area contributed by atoms with Crippen LogP contribution < -0.4 is 10.2 Å². The second-order valence-corrected chi connectivity index (χ2v) is 8.10. The summed E-state index contributed by atoms with van der Waals surface area (Å²) in [7, 11) is 2.01. The van der Waals surface area contributed by atoms with Crippen molar-refractivity contribution in [3.05, 3.63) is 108 Å². The van der Waals surface area contributed by atoms with Gasteiger partial charge in [-0.3, -0.25) is 9.78 Å². The summed E-state index contributed by atoms with van der Waals surface area (Å²) >= 11 is 0. The fourth-order valence-corrected chi connectivity index (χ4v) is 4.08. The molecule has 0 saturated carbocycles. The molecule has 1 N–H and O–H groups in total. The molecule has 0 radical (unpaired) electrons. The van der Waals surface area contributed by atoms with Gasteiger partial charge in [0.25, 0.3) is 5.91 Å². The van der Waals surface area contributed by atoms with Crippen LogP contribution in [0.15, 0.2) is 91.1 Å². The van der Waals surface area contributed by atoms with Gasteiger partial charge in [-0.25, -0.2) is 4.68 Å². The lowest BCUT2D eigenvalue weighted by atomic mass is 10.1. The summed E-state index contributed by atoms with van der Waals surface area (Å²) in [6.45, 7) is 2.57. The molecule has 0 unspecified atom stereocenters. The number of aromatic nitrogens is 4. The Bertz CT molecular complexity index is 1460. The molecule has 7 heteroatoms. The molecule has 0 spiro atoms. The number of nitrogens with one attached hydrogen (secondary N) is 1. The zero-order valence-electron chi connectivity index (χ0n) is 19.0. The van der Waals surface area contributed by atoms with Gasteiger partial charge in [-0.15, -0.1) is 5.10 Å². The quantitative estimate of drug-likeness (QED) is 0.395. The zero-order valence-corrected chi connectivity index (χ0v) is 19.0. The number of amides is 1. The fraction of sp³-hybridized carbons (Fsp3) is 0.111. The van der Waals surface area contributed by atoms with E-state index in [0.29, 0.717) is 11.4 Å². The van der Waals surface area contributed by atoms with Gasteiger partial charge in [0.1, 0.15) is 0 Å². The molecular formula is C27H24N6O. The van der Waals surface area contributed by atoms with Gasteiger partial charge in [-0.1, -0.05) is 53.7 Å². The van der Waals surface area contributed by atoms with Crippen LogP contribution in [0.2, 0.25) is 0 Å². The molecular weight excluding hydrogens is 424 g/mol. The topological polar surface area (TPSA) is 75.9 Å². The molecule has 34 heavy (non-hydrogen) atoms. The van der Waals surface area contributed by atoms with Crippen molar-refractivity contribution in [2.45, 2.75) is 13.5 Å². The van der Waals surface area contributed by atoms with Crippen LogP contribution in [0.5, 0.6) is 0 Å². The van der Waals surface area contributed by atoms with E-state index in [0.717, 1.165) is 28.8 Å². The van der Waals surface area contributed by atoms with Gasteiger partial charge < -0.3 is 10.2 Å². The Morgan fingerprint density at radius 3 is 2.59 bits per heavy atom. The second-order valence-electron chi connectivity index (χ2n) is 8.10.